The third kappa shape index (κ3) is 11.8. The largest absolute Gasteiger partial charge is 2.00 e. The Hall–Kier alpha value is -1.53. The molecule has 0 bridgehead atoms. The van der Waals surface area contributed by atoms with Crippen LogP contribution in [0.25, 0.3) is 0 Å². The molecule has 3 heterocycles. The number of carbonyl (C=O) groups is 1. The van der Waals surface area contributed by atoms with Crippen molar-refractivity contribution in [2.45, 2.75) is 18.9 Å². The van der Waals surface area contributed by atoms with Crippen LogP contribution in [0.2, 0.25) is 10.0 Å². The van der Waals surface area contributed by atoms with E-state index in [9.17, 15) is 4.79 Å². The number of rotatable bonds is 3. The van der Waals surface area contributed by atoms with Crippen molar-refractivity contribution >= 4 is 92.4 Å². The van der Waals surface area contributed by atoms with Gasteiger partial charge in [-0.15, -0.1) is 41.4 Å². The fraction of sp³-hybridized carbons (Fsp3) is 0.261. The van der Waals surface area contributed by atoms with Gasteiger partial charge in [-0.3, -0.25) is 21.0 Å². The first kappa shape index (κ1) is 35.6. The summed E-state index contributed by atoms with van der Waals surface area (Å²) in [7, 11) is 3.36. The third-order valence-corrected chi connectivity index (χ3v) is 4.72. The average Bonchev–Trinajstić information content (AvgIpc) is 3.39. The number of halogens is 2. The number of nitrogens with one attached hydrogen (secondary N) is 2. The van der Waals surface area contributed by atoms with Gasteiger partial charge in [0.1, 0.15) is 0 Å². The van der Waals surface area contributed by atoms with E-state index in [2.05, 4.69) is 26.5 Å². The van der Waals surface area contributed by atoms with Crippen molar-refractivity contribution in [3.63, 3.8) is 0 Å². The smallest absolute Gasteiger partial charge is 0.553 e. The number of amidine groups is 1. The summed E-state index contributed by atoms with van der Waals surface area (Å²) < 4.78 is 6.54. The van der Waals surface area contributed by atoms with Crippen LogP contribution in [-0.2, 0) is 11.8 Å². The maximum Gasteiger partial charge on any atom is 2.00 e. The van der Waals surface area contributed by atoms with Gasteiger partial charge in [0.2, 0.25) is 5.91 Å². The van der Waals surface area contributed by atoms with Crippen molar-refractivity contribution < 1.29 is 9.53 Å². The van der Waals surface area contributed by atoms with E-state index in [1.54, 1.807) is 36.3 Å². The minimum absolute atomic E-state index is 0. The van der Waals surface area contributed by atoms with Crippen LogP contribution < -0.4 is 15.8 Å². The van der Waals surface area contributed by atoms with Gasteiger partial charge in [-0.1, -0.05) is 10.7 Å². The second kappa shape index (κ2) is 17.8. The number of carbonyl (C=O) groups excluding carboxylic acids is 1. The Balaban J connectivity index is 0. The molecule has 1 fully saturated rings. The van der Waals surface area contributed by atoms with Gasteiger partial charge < -0.3 is 41.0 Å². The Morgan fingerprint density at radius 3 is 2.49 bits per heavy atom. The summed E-state index contributed by atoms with van der Waals surface area (Å²) in [6.07, 6.45) is 6.57. The van der Waals surface area contributed by atoms with Gasteiger partial charge in [0.05, 0.1) is 19.0 Å². The normalized spacial score (nSPS) is 15.5. The molecule has 2 aromatic rings. The maximum absolute atomic E-state index is 10.4. The summed E-state index contributed by atoms with van der Waals surface area (Å²) in [5, 5.41) is 15.0. The minimum atomic E-state index is -0.00801. The summed E-state index contributed by atoms with van der Waals surface area (Å²) in [5.41, 5.74) is 6.85. The number of aliphatic imine (C=N–C) groups is 2. The molecule has 0 radical (unpaired) electrons. The fourth-order valence-electron chi connectivity index (χ4n) is 2.53. The molecule has 1 saturated heterocycles. The molecule has 2 aliphatic heterocycles. The second-order valence-electron chi connectivity index (χ2n) is 6.62. The van der Waals surface area contributed by atoms with Gasteiger partial charge in [0.15, 0.2) is 0 Å². The molecular formula is C23H29Cl2N7O2Sr-2. The minimum Gasteiger partial charge on any atom is -0.553 e. The van der Waals surface area contributed by atoms with E-state index in [0.29, 0.717) is 34.5 Å². The van der Waals surface area contributed by atoms with Crippen LogP contribution in [0.3, 0.4) is 0 Å². The number of benzene rings is 1. The van der Waals surface area contributed by atoms with E-state index in [1.807, 2.05) is 7.05 Å². The van der Waals surface area contributed by atoms with Crippen LogP contribution in [0.4, 0.5) is 0 Å². The summed E-state index contributed by atoms with van der Waals surface area (Å²) in [5.74, 6) is 0.720. The molecule has 9 nitrogen and oxygen atoms in total. The van der Waals surface area contributed by atoms with E-state index in [-0.39, 0.29) is 83.8 Å². The summed E-state index contributed by atoms with van der Waals surface area (Å²) in [6.45, 7) is 5.97. The van der Waals surface area contributed by atoms with Crippen LogP contribution in [0, 0.1) is 32.9 Å². The number of hydrogen-bond donors (Lipinski definition) is 3. The topological polar surface area (TPSA) is 131 Å². The van der Waals surface area contributed by atoms with E-state index in [0.717, 1.165) is 12.0 Å². The number of nitrogens with zero attached hydrogens (tertiary/aromatic N) is 4. The standard InChI is InChI=1S/C9H8N5.C7H5Cl2O.C5H10N2O.2CH3.Sr/c1-6-9(10)13-8(4-11-6)7-3-12-14(2)5-7;1-10-7-3-2-5(8)4-6(7)9;6-3-4-1-2-5(8)7-4;;;/h1,3-5,10H,2H3;2-3H,1H3;4H,1-3,6H2,(H,7,8);2*1H3;/q2*-1;;2*-1;+2. The van der Waals surface area contributed by atoms with Crippen LogP contribution >= 0.6 is 23.2 Å². The summed E-state index contributed by atoms with van der Waals surface area (Å²) in [6, 6.07) is 6.32. The molecule has 35 heavy (non-hydrogen) atoms. The molecule has 1 aromatic heterocycles. The van der Waals surface area contributed by atoms with Crippen molar-refractivity contribution in [1.82, 2.24) is 15.1 Å². The number of aromatic nitrogens is 2. The molecule has 4 N–H and O–H groups in total. The van der Waals surface area contributed by atoms with Crippen LogP contribution in [-0.4, -0.2) is 98.6 Å². The molecule has 12 heteroatoms. The predicted octanol–water partition coefficient (Wildman–Crippen LogP) is 3.13. The van der Waals surface area contributed by atoms with Gasteiger partial charge in [0, 0.05) is 55.6 Å². The second-order valence-corrected chi connectivity index (χ2v) is 7.40. The Morgan fingerprint density at radius 1 is 1.37 bits per heavy atom. The van der Waals surface area contributed by atoms with E-state index >= 15 is 0 Å². The zero-order chi connectivity index (χ0) is 23.7. The fourth-order valence-corrected chi connectivity index (χ4v) is 2.98. The molecule has 2 aliphatic rings. The molecule has 0 spiro atoms. The number of methoxy groups -OCH3 is 1. The first-order valence-electron chi connectivity index (χ1n) is 9.47. The number of ether oxygens (including phenoxy) is 1. The summed E-state index contributed by atoms with van der Waals surface area (Å²) >= 11 is 11.2. The zero-order valence-electron chi connectivity index (χ0n) is 20.3. The Morgan fingerprint density at radius 2 is 2.06 bits per heavy atom. The van der Waals surface area contributed by atoms with Crippen molar-refractivity contribution in [3.8, 4) is 5.75 Å². The summed E-state index contributed by atoms with van der Waals surface area (Å²) in [4.78, 5) is 18.3. The molecule has 0 saturated carbocycles. The van der Waals surface area contributed by atoms with Crippen LogP contribution in [0.5, 0.6) is 5.75 Å². The third-order valence-electron chi connectivity index (χ3n) is 4.22. The van der Waals surface area contributed by atoms with Gasteiger partial charge in [-0.05, 0) is 11.4 Å². The van der Waals surface area contributed by atoms with Gasteiger partial charge in [0.25, 0.3) is 0 Å². The van der Waals surface area contributed by atoms with Crippen LogP contribution in [0.1, 0.15) is 18.4 Å². The molecule has 0 aliphatic carbocycles. The monoisotopic (exact) mass is 593 g/mol. The van der Waals surface area contributed by atoms with Crippen molar-refractivity contribution in [2.24, 2.45) is 22.8 Å². The number of nitrogens with two attached hydrogens (primary N) is 1. The molecular weight excluding hydrogens is 565 g/mol. The molecule has 1 aromatic carbocycles. The SMILES string of the molecule is COc1ccc(Cl)[c-]c1Cl.NCC1CCC(=O)N1.[CH-]=C1N=CC(c2cnn(C)c2)=NC1=N.[CH3-].[CH3-].[Sr+2]. The Bertz CT molecular complexity index is 1050. The molecule has 1 atom stereocenters. The van der Waals surface area contributed by atoms with Gasteiger partial charge >= 0.3 is 45.5 Å². The van der Waals surface area contributed by atoms with Gasteiger partial charge in [-0.25, -0.2) is 0 Å². The number of hydrogen-bond acceptors (Lipinski definition) is 6. The zero-order valence-corrected chi connectivity index (χ0v) is 25.3. The average molecular weight is 594 g/mol. The van der Waals surface area contributed by atoms with Gasteiger partial charge in [-0.2, -0.15) is 5.10 Å². The number of amides is 1. The van der Waals surface area contributed by atoms with Crippen LogP contribution in [0.15, 0.2) is 40.2 Å². The van der Waals surface area contributed by atoms with E-state index < -0.39 is 0 Å². The molecule has 1 unspecified atom stereocenters. The van der Waals surface area contributed by atoms with E-state index in [1.165, 1.54) is 6.21 Å². The quantitative estimate of drug-likeness (QED) is 0.373. The van der Waals surface area contributed by atoms with E-state index in [4.69, 9.17) is 45.7 Å². The van der Waals surface area contributed by atoms with Crippen molar-refractivity contribution in [1.29, 1.82) is 5.41 Å². The van der Waals surface area contributed by atoms with Crippen molar-refractivity contribution in [2.75, 3.05) is 13.7 Å². The van der Waals surface area contributed by atoms with Crippen molar-refractivity contribution in [3.05, 3.63) is 73.3 Å². The molecule has 186 valence electrons. The Labute approximate surface area is 254 Å². The predicted molar refractivity (Wildman–Crippen MR) is 144 cm³/mol. The Kier molecular flexibility index (Phi) is 18.2. The molecule has 1 amide bonds. The first-order chi connectivity index (χ1) is 15.2. The first-order valence-corrected chi connectivity index (χ1v) is 10.2. The number of aryl methyl sites for hydroxylation is 1. The maximum atomic E-state index is 10.4. The molecule has 4 rings (SSSR count).